The van der Waals surface area contributed by atoms with Crippen LogP contribution in [0, 0.1) is 0 Å². The van der Waals surface area contributed by atoms with Crippen LogP contribution in [0.4, 0.5) is 13.2 Å². The van der Waals surface area contributed by atoms with Crippen molar-refractivity contribution in [3.05, 3.63) is 75.2 Å². The second-order valence-corrected chi connectivity index (χ2v) is 6.08. The number of nitrogens with zero attached hydrogens (tertiary/aromatic N) is 2. The van der Waals surface area contributed by atoms with Crippen LogP contribution in [-0.2, 0) is 22.3 Å². The largest absolute Gasteiger partial charge is 0.456 e. The second kappa shape index (κ2) is 7.12. The molecule has 0 saturated carbocycles. The van der Waals surface area contributed by atoms with Crippen LogP contribution in [0.15, 0.2) is 52.8 Å². The van der Waals surface area contributed by atoms with E-state index in [1.165, 1.54) is 40.0 Å². The third kappa shape index (κ3) is 4.17. The zero-order chi connectivity index (χ0) is 18.7. The van der Waals surface area contributed by atoms with Crippen LogP contribution in [0.25, 0.3) is 11.0 Å². The molecule has 134 valence electrons. The van der Waals surface area contributed by atoms with Crippen LogP contribution in [0.5, 0.6) is 0 Å². The van der Waals surface area contributed by atoms with Crippen molar-refractivity contribution in [2.45, 2.75) is 12.8 Å². The van der Waals surface area contributed by atoms with Crippen molar-refractivity contribution < 1.29 is 22.7 Å². The van der Waals surface area contributed by atoms with Gasteiger partial charge in [-0.2, -0.15) is 13.2 Å². The fourth-order valence-corrected chi connectivity index (χ4v) is 2.84. The van der Waals surface area contributed by atoms with E-state index in [0.717, 1.165) is 18.2 Å². The van der Waals surface area contributed by atoms with Gasteiger partial charge in [-0.05, 0) is 23.8 Å². The molecular formula is C17H11F3N2O3S. The lowest BCUT2D eigenvalue weighted by molar-refractivity contribution is -0.139. The summed E-state index contributed by atoms with van der Waals surface area (Å²) in [5.41, 5.74) is -0.304. The first-order valence-electron chi connectivity index (χ1n) is 7.31. The topological polar surface area (TPSA) is 60.7 Å². The van der Waals surface area contributed by atoms with Crippen LogP contribution in [0.3, 0.4) is 0 Å². The summed E-state index contributed by atoms with van der Waals surface area (Å²) in [6.45, 7) is -0.181. The van der Waals surface area contributed by atoms with Gasteiger partial charge in [0.05, 0.1) is 11.3 Å². The number of alkyl halides is 3. The Morgan fingerprint density at radius 2 is 2.00 bits per heavy atom. The van der Waals surface area contributed by atoms with Gasteiger partial charge in [0.15, 0.2) is 4.96 Å². The number of ether oxygens (including phenoxy) is 1. The molecule has 3 aromatic rings. The van der Waals surface area contributed by atoms with Gasteiger partial charge in [0.2, 0.25) is 0 Å². The Hall–Kier alpha value is -2.94. The number of aromatic nitrogens is 2. The molecule has 2 heterocycles. The van der Waals surface area contributed by atoms with Crippen molar-refractivity contribution in [2.24, 2.45) is 0 Å². The zero-order valence-corrected chi connectivity index (χ0v) is 13.9. The quantitative estimate of drug-likeness (QED) is 0.513. The van der Waals surface area contributed by atoms with Crippen molar-refractivity contribution in [1.82, 2.24) is 9.38 Å². The van der Waals surface area contributed by atoms with Crippen LogP contribution in [0.2, 0.25) is 0 Å². The van der Waals surface area contributed by atoms with Gasteiger partial charge < -0.3 is 4.74 Å². The number of fused-ring (bicyclic) bond motifs is 1. The molecule has 0 aliphatic heterocycles. The molecule has 26 heavy (non-hydrogen) atoms. The summed E-state index contributed by atoms with van der Waals surface area (Å²) in [4.78, 5) is 28.2. The normalized spacial score (nSPS) is 12.0. The molecule has 3 rings (SSSR count). The third-order valence-corrected chi connectivity index (χ3v) is 4.13. The van der Waals surface area contributed by atoms with Crippen molar-refractivity contribution in [3.8, 4) is 0 Å². The lowest BCUT2D eigenvalue weighted by atomic mass is 10.1. The van der Waals surface area contributed by atoms with E-state index in [1.807, 2.05) is 0 Å². The molecule has 2 aromatic heterocycles. The Morgan fingerprint density at radius 1 is 1.27 bits per heavy atom. The lowest BCUT2D eigenvalue weighted by Crippen LogP contribution is -2.14. The van der Waals surface area contributed by atoms with E-state index in [4.69, 9.17) is 4.74 Å². The van der Waals surface area contributed by atoms with E-state index in [-0.39, 0.29) is 12.2 Å². The summed E-state index contributed by atoms with van der Waals surface area (Å²) in [5, 5.41) is 1.71. The molecule has 0 unspecified atom stereocenters. The fraction of sp³-hybridized carbons (Fsp3) is 0.118. The maximum absolute atomic E-state index is 12.5. The van der Waals surface area contributed by atoms with E-state index in [9.17, 15) is 22.8 Å². The smallest absolute Gasteiger partial charge is 0.416 e. The molecule has 0 fully saturated rings. The molecule has 9 heteroatoms. The first-order valence-corrected chi connectivity index (χ1v) is 8.19. The highest BCUT2D eigenvalue weighted by Gasteiger charge is 2.29. The molecule has 0 radical (unpaired) electrons. The van der Waals surface area contributed by atoms with Gasteiger partial charge in [0, 0.05) is 23.7 Å². The lowest BCUT2D eigenvalue weighted by Gasteiger charge is -2.05. The minimum absolute atomic E-state index is 0.181. The molecule has 0 atom stereocenters. The summed E-state index contributed by atoms with van der Waals surface area (Å²) in [7, 11) is 0. The summed E-state index contributed by atoms with van der Waals surface area (Å²) < 4.78 is 43.8. The predicted octanol–water partition coefficient (Wildman–Crippen LogP) is 3.53. The first kappa shape index (κ1) is 17.9. The number of hydrogen-bond donors (Lipinski definition) is 0. The van der Waals surface area contributed by atoms with Gasteiger partial charge in [-0.25, -0.2) is 9.78 Å². The number of halogens is 3. The molecule has 5 nitrogen and oxygen atoms in total. The standard InChI is InChI=1S/C17H11F3N2O3S/c18-17(19,20)12-4-1-11(2-5-12)3-6-15(24)25-10-13-9-14(23)22-7-8-26-16(22)21-13/h1-9H,10H2/b6-3+. The Bertz CT molecular complexity index is 1020. The molecule has 0 N–H and O–H groups in total. The van der Waals surface area contributed by atoms with E-state index < -0.39 is 17.7 Å². The van der Waals surface area contributed by atoms with Crippen molar-refractivity contribution in [2.75, 3.05) is 0 Å². The van der Waals surface area contributed by atoms with Crippen LogP contribution in [-0.4, -0.2) is 15.4 Å². The Kier molecular flexibility index (Phi) is 4.90. The summed E-state index contributed by atoms with van der Waals surface area (Å²) >= 11 is 1.28. The SMILES string of the molecule is O=C(/C=C/c1ccc(C(F)(F)F)cc1)OCc1cc(=O)n2ccsc2n1. The van der Waals surface area contributed by atoms with E-state index in [2.05, 4.69) is 4.98 Å². The Morgan fingerprint density at radius 3 is 2.69 bits per heavy atom. The monoisotopic (exact) mass is 380 g/mol. The van der Waals surface area contributed by atoms with Crippen LogP contribution < -0.4 is 5.56 Å². The fourth-order valence-electron chi connectivity index (χ4n) is 2.10. The number of hydrogen-bond acceptors (Lipinski definition) is 5. The predicted molar refractivity (Wildman–Crippen MR) is 89.6 cm³/mol. The molecule has 0 aliphatic carbocycles. The molecule has 0 amide bonds. The molecule has 0 bridgehead atoms. The third-order valence-electron chi connectivity index (χ3n) is 3.37. The molecule has 0 spiro atoms. The number of carbonyl (C=O) groups is 1. The van der Waals surface area contributed by atoms with Gasteiger partial charge in [0.25, 0.3) is 5.56 Å². The zero-order valence-electron chi connectivity index (χ0n) is 13.1. The highest BCUT2D eigenvalue weighted by Crippen LogP contribution is 2.29. The summed E-state index contributed by atoms with van der Waals surface area (Å²) in [6, 6.07) is 5.63. The van der Waals surface area contributed by atoms with Crippen molar-refractivity contribution in [3.63, 3.8) is 0 Å². The van der Waals surface area contributed by atoms with Gasteiger partial charge in [-0.1, -0.05) is 12.1 Å². The molecular weight excluding hydrogens is 369 g/mol. The highest BCUT2D eigenvalue weighted by atomic mass is 32.1. The molecule has 0 saturated heterocycles. The minimum atomic E-state index is -4.41. The van der Waals surface area contributed by atoms with Gasteiger partial charge >= 0.3 is 12.1 Å². The number of thiazole rings is 1. The number of rotatable bonds is 4. The summed E-state index contributed by atoms with van der Waals surface area (Å²) in [5.74, 6) is -0.696. The summed E-state index contributed by atoms with van der Waals surface area (Å²) in [6.07, 6.45) is -0.374. The number of carbonyl (C=O) groups excluding carboxylic acids is 1. The van der Waals surface area contributed by atoms with Crippen molar-refractivity contribution in [1.29, 1.82) is 0 Å². The van der Waals surface area contributed by atoms with Gasteiger partial charge in [-0.15, -0.1) is 11.3 Å². The number of benzene rings is 1. The van der Waals surface area contributed by atoms with E-state index in [0.29, 0.717) is 16.2 Å². The molecule has 1 aromatic carbocycles. The van der Waals surface area contributed by atoms with Gasteiger partial charge in [-0.3, -0.25) is 9.20 Å². The number of esters is 1. The van der Waals surface area contributed by atoms with Crippen LogP contribution >= 0.6 is 11.3 Å². The Labute approximate surface area is 149 Å². The van der Waals surface area contributed by atoms with E-state index in [1.54, 1.807) is 11.6 Å². The average molecular weight is 380 g/mol. The average Bonchev–Trinajstić information content (AvgIpc) is 3.07. The second-order valence-electron chi connectivity index (χ2n) is 5.20. The minimum Gasteiger partial charge on any atom is -0.456 e. The van der Waals surface area contributed by atoms with Gasteiger partial charge in [0.1, 0.15) is 6.61 Å². The van der Waals surface area contributed by atoms with E-state index >= 15 is 0 Å². The van der Waals surface area contributed by atoms with Crippen LogP contribution in [0.1, 0.15) is 16.8 Å². The van der Waals surface area contributed by atoms with Crippen molar-refractivity contribution >= 4 is 28.3 Å². The first-order chi connectivity index (χ1) is 12.3. The Balaban J connectivity index is 1.61. The highest BCUT2D eigenvalue weighted by molar-refractivity contribution is 7.15. The maximum atomic E-state index is 12.5. The molecule has 0 aliphatic rings. The maximum Gasteiger partial charge on any atom is 0.416 e.